The van der Waals surface area contributed by atoms with Gasteiger partial charge in [0.15, 0.2) is 5.75 Å². The van der Waals surface area contributed by atoms with Crippen molar-refractivity contribution in [2.24, 2.45) is 0 Å². The van der Waals surface area contributed by atoms with E-state index in [0.29, 0.717) is 52.1 Å². The van der Waals surface area contributed by atoms with Gasteiger partial charge in [-0.25, -0.2) is 9.97 Å². The van der Waals surface area contributed by atoms with E-state index in [4.69, 9.17) is 33.7 Å². The molecule has 0 radical (unpaired) electrons. The van der Waals surface area contributed by atoms with E-state index in [1.54, 1.807) is 6.20 Å². The molecule has 1 aliphatic rings. The number of pyridine rings is 1. The minimum atomic E-state index is 0.161. The van der Waals surface area contributed by atoms with E-state index in [2.05, 4.69) is 30.9 Å². The van der Waals surface area contributed by atoms with Crippen molar-refractivity contribution in [3.8, 4) is 5.75 Å². The highest BCUT2D eigenvalue weighted by molar-refractivity contribution is 9.10. The number of ether oxygens (including phenoxy) is 1. The Morgan fingerprint density at radius 2 is 2.16 bits per heavy atom. The highest BCUT2D eigenvalue weighted by Crippen LogP contribution is 2.44. The van der Waals surface area contributed by atoms with Gasteiger partial charge in [-0.2, -0.15) is 4.98 Å². The van der Waals surface area contributed by atoms with Crippen molar-refractivity contribution in [1.82, 2.24) is 15.0 Å². The van der Waals surface area contributed by atoms with Gasteiger partial charge in [-0.15, -0.1) is 0 Å². The predicted molar refractivity (Wildman–Crippen MR) is 102 cm³/mol. The number of benzene rings is 1. The smallest absolute Gasteiger partial charge is 0.224 e. The van der Waals surface area contributed by atoms with E-state index in [1.807, 2.05) is 23.1 Å². The van der Waals surface area contributed by atoms with Gasteiger partial charge in [0.05, 0.1) is 22.5 Å². The fourth-order valence-electron chi connectivity index (χ4n) is 2.83. The Morgan fingerprint density at radius 3 is 2.96 bits per heavy atom. The number of anilines is 2. The fraction of sp³-hybridized carbons (Fsp3) is 0.188. The van der Waals surface area contributed by atoms with Crippen LogP contribution in [0.2, 0.25) is 10.3 Å². The second-order valence-corrected chi connectivity index (χ2v) is 7.10. The summed E-state index contributed by atoms with van der Waals surface area (Å²) in [5.74, 6) is 1.71. The second kappa shape index (κ2) is 6.48. The first kappa shape index (κ1) is 16.6. The number of halogens is 3. The van der Waals surface area contributed by atoms with E-state index in [1.165, 1.54) is 0 Å². The Kier molecular flexibility index (Phi) is 4.31. The van der Waals surface area contributed by atoms with Crippen LogP contribution in [0.5, 0.6) is 5.75 Å². The molecule has 1 aromatic carbocycles. The lowest BCUT2D eigenvalue weighted by Gasteiger charge is -2.23. The number of nitrogens with zero attached hydrogens (tertiary/aromatic N) is 4. The summed E-state index contributed by atoms with van der Waals surface area (Å²) in [6.07, 6.45) is 1.66. The number of rotatable bonds is 2. The zero-order chi connectivity index (χ0) is 17.6. The summed E-state index contributed by atoms with van der Waals surface area (Å²) in [4.78, 5) is 14.9. The normalized spacial score (nSPS) is 13.6. The van der Waals surface area contributed by atoms with Crippen molar-refractivity contribution in [3.63, 3.8) is 0 Å². The second-order valence-electron chi connectivity index (χ2n) is 5.53. The largest absolute Gasteiger partial charge is 0.489 e. The maximum absolute atomic E-state index is 6.41. The van der Waals surface area contributed by atoms with Crippen LogP contribution in [0.25, 0.3) is 10.9 Å². The van der Waals surface area contributed by atoms with Crippen molar-refractivity contribution in [2.45, 2.75) is 6.54 Å². The SMILES string of the molecule is Nc1ncccc1CN1CCOc2c(Cl)c(Br)cc3nc(Cl)nc1c23. The van der Waals surface area contributed by atoms with Gasteiger partial charge in [0.1, 0.15) is 18.2 Å². The van der Waals surface area contributed by atoms with Crippen LogP contribution in [-0.4, -0.2) is 28.1 Å². The Bertz CT molecular complexity index is 984. The molecule has 0 atom stereocenters. The first-order valence-electron chi connectivity index (χ1n) is 7.47. The van der Waals surface area contributed by atoms with E-state index in [-0.39, 0.29) is 5.28 Å². The summed E-state index contributed by atoms with van der Waals surface area (Å²) < 4.78 is 6.59. The molecule has 9 heteroatoms. The van der Waals surface area contributed by atoms with Crippen LogP contribution >= 0.6 is 39.1 Å². The number of aromatic nitrogens is 3. The molecular weight excluding hydrogens is 429 g/mol. The number of nitrogens with two attached hydrogens (primary N) is 1. The van der Waals surface area contributed by atoms with Gasteiger partial charge >= 0.3 is 0 Å². The monoisotopic (exact) mass is 439 g/mol. The first-order valence-corrected chi connectivity index (χ1v) is 9.02. The molecule has 0 amide bonds. The van der Waals surface area contributed by atoms with E-state index >= 15 is 0 Å². The van der Waals surface area contributed by atoms with Crippen LogP contribution in [-0.2, 0) is 6.54 Å². The first-order chi connectivity index (χ1) is 12.0. The topological polar surface area (TPSA) is 77.2 Å². The third kappa shape index (κ3) is 2.96. The molecule has 2 N–H and O–H groups in total. The molecule has 0 spiro atoms. The summed E-state index contributed by atoms with van der Waals surface area (Å²) in [6, 6.07) is 5.59. The van der Waals surface area contributed by atoms with Crippen molar-refractivity contribution < 1.29 is 4.74 Å². The standard InChI is InChI=1S/C16H12BrCl2N5O/c17-9-6-10-11-13(12(9)18)25-5-4-24(15(11)23-16(19)22-10)7-8-2-1-3-21-14(8)20/h1-3,6H,4-5,7H2,(H2,20,21). The Hall–Kier alpha value is -1.83. The maximum atomic E-state index is 6.41. The van der Waals surface area contributed by atoms with Gasteiger partial charge < -0.3 is 15.4 Å². The number of hydrogen-bond acceptors (Lipinski definition) is 6. The minimum absolute atomic E-state index is 0.161. The molecule has 0 aliphatic carbocycles. The lowest BCUT2D eigenvalue weighted by Crippen LogP contribution is -2.28. The number of nitrogen functional groups attached to an aromatic ring is 1. The zero-order valence-corrected chi connectivity index (χ0v) is 15.9. The Labute approximate surface area is 162 Å². The van der Waals surface area contributed by atoms with Crippen molar-refractivity contribution >= 4 is 61.7 Å². The van der Waals surface area contributed by atoms with Crippen molar-refractivity contribution in [1.29, 1.82) is 0 Å². The van der Waals surface area contributed by atoms with Crippen LogP contribution in [0.15, 0.2) is 28.9 Å². The highest BCUT2D eigenvalue weighted by atomic mass is 79.9. The average molecular weight is 441 g/mol. The predicted octanol–water partition coefficient (Wildman–Crippen LogP) is 4.08. The van der Waals surface area contributed by atoms with Gasteiger partial charge in [0.2, 0.25) is 5.28 Å². The Morgan fingerprint density at radius 1 is 1.32 bits per heavy atom. The fourth-order valence-corrected chi connectivity index (χ4v) is 3.61. The quantitative estimate of drug-likeness (QED) is 0.605. The summed E-state index contributed by atoms with van der Waals surface area (Å²) in [7, 11) is 0. The molecular formula is C16H12BrCl2N5O. The van der Waals surface area contributed by atoms with Crippen molar-refractivity contribution in [2.75, 3.05) is 23.8 Å². The molecule has 4 rings (SSSR count). The van der Waals surface area contributed by atoms with Gasteiger partial charge in [0, 0.05) is 22.8 Å². The lowest BCUT2D eigenvalue weighted by molar-refractivity contribution is 0.331. The molecule has 6 nitrogen and oxygen atoms in total. The van der Waals surface area contributed by atoms with E-state index in [9.17, 15) is 0 Å². The van der Waals surface area contributed by atoms with Gasteiger partial charge in [-0.1, -0.05) is 17.7 Å². The van der Waals surface area contributed by atoms with Crippen LogP contribution in [0.4, 0.5) is 11.6 Å². The van der Waals surface area contributed by atoms with Gasteiger partial charge in [-0.3, -0.25) is 0 Å². The molecule has 128 valence electrons. The summed E-state index contributed by atoms with van der Waals surface area (Å²) >= 11 is 16.0. The summed E-state index contributed by atoms with van der Waals surface area (Å²) in [6.45, 7) is 1.57. The van der Waals surface area contributed by atoms with Crippen LogP contribution in [0.1, 0.15) is 5.56 Å². The Balaban J connectivity index is 1.91. The molecule has 1 aliphatic heterocycles. The third-order valence-corrected chi connectivity index (χ3v) is 5.38. The van der Waals surface area contributed by atoms with Crippen LogP contribution in [0, 0.1) is 0 Å². The molecule has 0 saturated carbocycles. The summed E-state index contributed by atoms with van der Waals surface area (Å²) in [5, 5.41) is 1.38. The van der Waals surface area contributed by atoms with Crippen LogP contribution < -0.4 is 15.4 Å². The van der Waals surface area contributed by atoms with Gasteiger partial charge in [-0.05, 0) is 39.7 Å². The minimum Gasteiger partial charge on any atom is -0.489 e. The molecule has 2 aromatic heterocycles. The van der Waals surface area contributed by atoms with Crippen molar-refractivity contribution in [3.05, 3.63) is 44.7 Å². The van der Waals surface area contributed by atoms with E-state index < -0.39 is 0 Å². The highest BCUT2D eigenvalue weighted by Gasteiger charge is 2.25. The number of hydrogen-bond donors (Lipinski definition) is 1. The van der Waals surface area contributed by atoms with E-state index in [0.717, 1.165) is 10.9 Å². The lowest BCUT2D eigenvalue weighted by atomic mass is 10.2. The maximum Gasteiger partial charge on any atom is 0.224 e. The van der Waals surface area contributed by atoms with Gasteiger partial charge in [0.25, 0.3) is 0 Å². The molecule has 3 heterocycles. The zero-order valence-electron chi connectivity index (χ0n) is 12.8. The molecule has 0 bridgehead atoms. The average Bonchev–Trinajstić information content (AvgIpc) is 2.75. The molecule has 0 unspecified atom stereocenters. The molecule has 3 aromatic rings. The third-order valence-electron chi connectivity index (χ3n) is 3.98. The molecule has 0 saturated heterocycles. The molecule has 0 fully saturated rings. The summed E-state index contributed by atoms with van der Waals surface area (Å²) in [5.41, 5.74) is 7.55. The molecule has 25 heavy (non-hydrogen) atoms. The van der Waals surface area contributed by atoms with Crippen LogP contribution in [0.3, 0.4) is 0 Å².